The molecule has 0 aliphatic rings. The minimum absolute atomic E-state index is 0.0473. The van der Waals surface area contributed by atoms with Crippen LogP contribution in [-0.4, -0.2) is 16.8 Å². The van der Waals surface area contributed by atoms with Crippen LogP contribution in [-0.2, 0) is 4.84 Å². The van der Waals surface area contributed by atoms with Crippen molar-refractivity contribution in [1.82, 2.24) is 4.98 Å². The Bertz CT molecular complexity index is 597. The van der Waals surface area contributed by atoms with E-state index in [9.17, 15) is 4.79 Å². The molecule has 2 N–H and O–H groups in total. The lowest BCUT2D eigenvalue weighted by Crippen LogP contribution is -2.16. The molecule has 0 atom stereocenters. The minimum atomic E-state index is -0.577. The van der Waals surface area contributed by atoms with Gasteiger partial charge in [0.1, 0.15) is 5.69 Å². The molecule has 0 fully saturated rings. The molecule has 1 aromatic carbocycles. The summed E-state index contributed by atoms with van der Waals surface area (Å²) < 4.78 is 0.876. The summed E-state index contributed by atoms with van der Waals surface area (Å²) in [5, 5.41) is 3.56. The summed E-state index contributed by atoms with van der Waals surface area (Å²) in [6, 6.07) is 11.9. The van der Waals surface area contributed by atoms with E-state index >= 15 is 0 Å². The van der Waals surface area contributed by atoms with E-state index in [-0.39, 0.29) is 5.84 Å². The second-order valence-electron chi connectivity index (χ2n) is 3.58. The predicted octanol–water partition coefficient (Wildman–Crippen LogP) is 2.32. The zero-order valence-corrected chi connectivity index (χ0v) is 11.4. The molecule has 1 aromatic heterocycles. The van der Waals surface area contributed by atoms with Crippen LogP contribution in [0, 0.1) is 0 Å². The van der Waals surface area contributed by atoms with Gasteiger partial charge in [-0.1, -0.05) is 27.2 Å². The number of hydrogen-bond acceptors (Lipinski definition) is 4. The molecule has 5 nitrogen and oxygen atoms in total. The lowest BCUT2D eigenvalue weighted by molar-refractivity contribution is 0.0516. The maximum atomic E-state index is 11.7. The second-order valence-corrected chi connectivity index (χ2v) is 4.49. The van der Waals surface area contributed by atoms with E-state index in [1.54, 1.807) is 48.7 Å². The van der Waals surface area contributed by atoms with Crippen LogP contribution in [0.15, 0.2) is 58.3 Å². The second kappa shape index (κ2) is 6.10. The van der Waals surface area contributed by atoms with Gasteiger partial charge in [0.25, 0.3) is 0 Å². The molecule has 0 aliphatic carbocycles. The van der Waals surface area contributed by atoms with Crippen molar-refractivity contribution in [3.63, 3.8) is 0 Å². The van der Waals surface area contributed by atoms with Crippen LogP contribution in [0.2, 0.25) is 0 Å². The number of rotatable bonds is 3. The van der Waals surface area contributed by atoms with Gasteiger partial charge in [-0.15, -0.1) is 0 Å². The number of hydrogen-bond donors (Lipinski definition) is 1. The van der Waals surface area contributed by atoms with Crippen molar-refractivity contribution < 1.29 is 9.63 Å². The van der Waals surface area contributed by atoms with E-state index in [1.165, 1.54) is 0 Å². The number of halogens is 1. The Kier molecular flexibility index (Phi) is 4.25. The van der Waals surface area contributed by atoms with Gasteiger partial charge in [0.05, 0.1) is 5.56 Å². The fourth-order valence-electron chi connectivity index (χ4n) is 1.29. The molecule has 0 bridgehead atoms. The molecular weight excluding hydrogens is 310 g/mol. The first-order valence-electron chi connectivity index (χ1n) is 5.38. The Morgan fingerprint density at radius 1 is 1.21 bits per heavy atom. The highest BCUT2D eigenvalue weighted by Gasteiger charge is 2.07. The quantitative estimate of drug-likeness (QED) is 0.407. The van der Waals surface area contributed by atoms with Crippen molar-refractivity contribution in [1.29, 1.82) is 0 Å². The van der Waals surface area contributed by atoms with Gasteiger partial charge in [-0.3, -0.25) is 4.98 Å². The first kappa shape index (κ1) is 13.2. The molecule has 0 radical (unpaired) electrons. The van der Waals surface area contributed by atoms with Gasteiger partial charge in [-0.05, 0) is 36.4 Å². The van der Waals surface area contributed by atoms with Crippen LogP contribution in [0.25, 0.3) is 0 Å². The normalized spacial score (nSPS) is 11.1. The molecule has 6 heteroatoms. The summed E-state index contributed by atoms with van der Waals surface area (Å²) in [4.78, 5) is 20.4. The van der Waals surface area contributed by atoms with Crippen molar-refractivity contribution in [2.24, 2.45) is 10.9 Å². The molecule has 2 aromatic rings. The maximum Gasteiger partial charge on any atom is 0.365 e. The molecule has 0 spiro atoms. The highest BCUT2D eigenvalue weighted by molar-refractivity contribution is 9.10. The van der Waals surface area contributed by atoms with Crippen LogP contribution in [0.5, 0.6) is 0 Å². The van der Waals surface area contributed by atoms with Crippen LogP contribution in [0.3, 0.4) is 0 Å². The summed E-state index contributed by atoms with van der Waals surface area (Å²) >= 11 is 3.28. The Hall–Kier alpha value is -2.21. The van der Waals surface area contributed by atoms with Crippen LogP contribution >= 0.6 is 15.9 Å². The zero-order valence-electron chi connectivity index (χ0n) is 9.79. The molecule has 96 valence electrons. The topological polar surface area (TPSA) is 77.6 Å². The predicted molar refractivity (Wildman–Crippen MR) is 74.5 cm³/mol. The lowest BCUT2D eigenvalue weighted by Gasteiger charge is -2.00. The van der Waals surface area contributed by atoms with Gasteiger partial charge in [0.15, 0.2) is 5.84 Å². The Morgan fingerprint density at radius 3 is 2.58 bits per heavy atom. The number of oxime groups is 1. The summed E-state index contributed by atoms with van der Waals surface area (Å²) in [6.45, 7) is 0. The first-order valence-corrected chi connectivity index (χ1v) is 6.18. The number of nitrogens with zero attached hydrogens (tertiary/aromatic N) is 2. The standard InChI is InChI=1S/C13H10BrN3O2/c14-10-6-4-9(5-7-10)13(18)19-17-12(15)11-3-1-2-8-16-11/h1-8H,(H2,15,17). The van der Waals surface area contributed by atoms with Crippen molar-refractivity contribution in [3.8, 4) is 0 Å². The van der Waals surface area contributed by atoms with Gasteiger partial charge in [0, 0.05) is 10.7 Å². The number of aromatic nitrogens is 1. The third kappa shape index (κ3) is 3.62. The molecule has 0 saturated carbocycles. The fourth-order valence-corrected chi connectivity index (χ4v) is 1.55. The molecule has 0 unspecified atom stereocenters. The average molecular weight is 320 g/mol. The third-order valence-electron chi connectivity index (χ3n) is 2.23. The number of carbonyl (C=O) groups excluding carboxylic acids is 1. The lowest BCUT2D eigenvalue weighted by atomic mass is 10.2. The van der Waals surface area contributed by atoms with Gasteiger partial charge < -0.3 is 10.6 Å². The Labute approximate surface area is 118 Å². The smallest absolute Gasteiger partial charge is 0.365 e. The van der Waals surface area contributed by atoms with Crippen molar-refractivity contribution >= 4 is 27.7 Å². The van der Waals surface area contributed by atoms with E-state index in [4.69, 9.17) is 10.6 Å². The minimum Gasteiger partial charge on any atom is -0.379 e. The van der Waals surface area contributed by atoms with E-state index in [0.29, 0.717) is 11.3 Å². The van der Waals surface area contributed by atoms with Crippen molar-refractivity contribution in [2.75, 3.05) is 0 Å². The number of pyridine rings is 1. The number of carbonyl (C=O) groups is 1. The molecule has 0 aliphatic heterocycles. The molecule has 1 heterocycles. The van der Waals surface area contributed by atoms with E-state index in [1.807, 2.05) is 0 Å². The SMILES string of the molecule is N/C(=N/OC(=O)c1ccc(Br)cc1)c1ccccn1. The van der Waals surface area contributed by atoms with Crippen LogP contribution in [0.1, 0.15) is 16.1 Å². The average Bonchev–Trinajstić information content (AvgIpc) is 2.46. The summed E-state index contributed by atoms with van der Waals surface area (Å²) in [6.07, 6.45) is 1.58. The number of amidine groups is 1. The Balaban J connectivity index is 2.06. The fraction of sp³-hybridized carbons (Fsp3) is 0. The summed E-state index contributed by atoms with van der Waals surface area (Å²) in [7, 11) is 0. The largest absolute Gasteiger partial charge is 0.379 e. The molecule has 0 amide bonds. The number of benzene rings is 1. The maximum absolute atomic E-state index is 11.7. The van der Waals surface area contributed by atoms with Crippen molar-refractivity contribution in [3.05, 3.63) is 64.4 Å². The summed E-state index contributed by atoms with van der Waals surface area (Å²) in [5.74, 6) is -0.530. The Morgan fingerprint density at radius 2 is 1.95 bits per heavy atom. The highest BCUT2D eigenvalue weighted by Crippen LogP contribution is 2.11. The van der Waals surface area contributed by atoms with Crippen molar-refractivity contribution in [2.45, 2.75) is 0 Å². The van der Waals surface area contributed by atoms with Gasteiger partial charge in [-0.25, -0.2) is 4.79 Å². The molecule has 0 saturated heterocycles. The van der Waals surface area contributed by atoms with E-state index < -0.39 is 5.97 Å². The van der Waals surface area contributed by atoms with Crippen LogP contribution < -0.4 is 5.73 Å². The summed E-state index contributed by atoms with van der Waals surface area (Å²) in [5.41, 5.74) is 6.49. The first-order chi connectivity index (χ1) is 9.16. The van der Waals surface area contributed by atoms with Gasteiger partial charge in [0.2, 0.25) is 0 Å². The van der Waals surface area contributed by atoms with E-state index in [2.05, 4.69) is 26.1 Å². The molecule has 19 heavy (non-hydrogen) atoms. The van der Waals surface area contributed by atoms with Gasteiger partial charge in [-0.2, -0.15) is 0 Å². The monoisotopic (exact) mass is 319 g/mol. The third-order valence-corrected chi connectivity index (χ3v) is 2.76. The van der Waals surface area contributed by atoms with E-state index in [0.717, 1.165) is 4.47 Å². The zero-order chi connectivity index (χ0) is 13.7. The van der Waals surface area contributed by atoms with Gasteiger partial charge >= 0.3 is 5.97 Å². The molecule has 2 rings (SSSR count). The number of nitrogens with two attached hydrogens (primary N) is 1. The highest BCUT2D eigenvalue weighted by atomic mass is 79.9. The van der Waals surface area contributed by atoms with Crippen LogP contribution in [0.4, 0.5) is 0 Å². The molecular formula is C13H10BrN3O2.